The van der Waals surface area contributed by atoms with Gasteiger partial charge in [0.2, 0.25) is 0 Å². The molecule has 0 saturated carbocycles. The quantitative estimate of drug-likeness (QED) is 0.270. The fourth-order valence-corrected chi connectivity index (χ4v) is 4.53. The highest BCUT2D eigenvalue weighted by atomic mass is 16.7. The third-order valence-electron chi connectivity index (χ3n) is 7.08. The van der Waals surface area contributed by atoms with Crippen LogP contribution in [-0.2, 0) is 19.1 Å². The molecule has 1 spiro atoms. The summed E-state index contributed by atoms with van der Waals surface area (Å²) >= 11 is 0. The summed E-state index contributed by atoms with van der Waals surface area (Å²) in [5, 5.41) is 27.9. The maximum Gasteiger partial charge on any atom is 0.328 e. The lowest BCUT2D eigenvalue weighted by Crippen LogP contribution is -2.51. The van der Waals surface area contributed by atoms with E-state index >= 15 is 0 Å². The van der Waals surface area contributed by atoms with Gasteiger partial charge in [0.1, 0.15) is 0 Å². The predicted octanol–water partition coefficient (Wildman–Crippen LogP) is 5.43. The molecule has 0 radical (unpaired) electrons. The lowest BCUT2D eigenvalue weighted by atomic mass is 9.83. The van der Waals surface area contributed by atoms with E-state index in [0.29, 0.717) is 17.4 Å². The van der Waals surface area contributed by atoms with Crippen molar-refractivity contribution >= 4 is 11.9 Å². The van der Waals surface area contributed by atoms with Gasteiger partial charge < -0.3 is 24.8 Å². The number of allylic oxidation sites excluding steroid dienone is 4. The molecule has 2 aliphatic heterocycles. The van der Waals surface area contributed by atoms with Crippen molar-refractivity contribution in [3.63, 3.8) is 0 Å². The SMILES string of the molecule is CC(/C=C/[C@H](O)[C@@H](C)/C=C/C(=O)O)=C\C[C@H]1O[C@@]2(CC[C@H](C)[C@H](/C=C/C(C)=C/C(=O)O)O2)CC[C@@H]1C. The van der Waals surface area contributed by atoms with Crippen molar-refractivity contribution in [3.05, 3.63) is 59.8 Å². The van der Waals surface area contributed by atoms with Crippen LogP contribution in [0.4, 0.5) is 0 Å². The average Bonchev–Trinajstić information content (AvgIpc) is 2.81. The minimum atomic E-state index is -1.03. The van der Waals surface area contributed by atoms with Crippen molar-refractivity contribution in [1.82, 2.24) is 0 Å². The van der Waals surface area contributed by atoms with E-state index < -0.39 is 23.8 Å². The molecule has 0 aromatic rings. The molecule has 2 rings (SSSR count). The Balaban J connectivity index is 2.01. The molecule has 7 nitrogen and oxygen atoms in total. The van der Waals surface area contributed by atoms with Crippen LogP contribution >= 0.6 is 0 Å². The summed E-state index contributed by atoms with van der Waals surface area (Å²) in [6.07, 6.45) is 16.6. The van der Waals surface area contributed by atoms with Crippen molar-refractivity contribution in [3.8, 4) is 0 Å². The van der Waals surface area contributed by atoms with E-state index in [1.165, 1.54) is 12.2 Å². The summed E-state index contributed by atoms with van der Waals surface area (Å²) in [4.78, 5) is 21.5. The number of hydrogen-bond acceptors (Lipinski definition) is 5. The van der Waals surface area contributed by atoms with Crippen LogP contribution in [0.1, 0.15) is 66.7 Å². The molecule has 0 aliphatic carbocycles. The molecule has 0 aromatic heterocycles. The molecule has 0 bridgehead atoms. The van der Waals surface area contributed by atoms with Crippen molar-refractivity contribution in [2.24, 2.45) is 17.8 Å². The maximum atomic E-state index is 10.9. The van der Waals surface area contributed by atoms with Crippen LogP contribution in [0.3, 0.4) is 0 Å². The van der Waals surface area contributed by atoms with Gasteiger partial charge in [0.15, 0.2) is 5.79 Å². The summed E-state index contributed by atoms with van der Waals surface area (Å²) in [6.45, 7) is 9.84. The smallest absolute Gasteiger partial charge is 0.328 e. The van der Waals surface area contributed by atoms with Crippen LogP contribution in [0.15, 0.2) is 59.8 Å². The van der Waals surface area contributed by atoms with Gasteiger partial charge in [-0.25, -0.2) is 9.59 Å². The van der Waals surface area contributed by atoms with Crippen molar-refractivity contribution in [2.45, 2.75) is 90.8 Å². The zero-order chi connectivity index (χ0) is 26.9. The third-order valence-corrected chi connectivity index (χ3v) is 7.08. The zero-order valence-electron chi connectivity index (χ0n) is 22.1. The number of aliphatic carboxylic acids is 2. The first-order valence-electron chi connectivity index (χ1n) is 12.8. The van der Waals surface area contributed by atoms with Crippen molar-refractivity contribution in [2.75, 3.05) is 0 Å². The number of rotatable bonds is 10. The number of carboxylic acid groups (broad SMARTS) is 2. The van der Waals surface area contributed by atoms with Gasteiger partial charge in [-0.3, -0.25) is 0 Å². The summed E-state index contributed by atoms with van der Waals surface area (Å²) in [5.41, 5.74) is 1.67. The molecule has 2 heterocycles. The van der Waals surface area contributed by atoms with Crippen LogP contribution in [0, 0.1) is 17.8 Å². The normalized spacial score (nSPS) is 31.9. The van der Waals surface area contributed by atoms with Gasteiger partial charge in [0.05, 0.1) is 18.3 Å². The van der Waals surface area contributed by atoms with Gasteiger partial charge in [-0.1, -0.05) is 62.8 Å². The molecule has 2 aliphatic rings. The van der Waals surface area contributed by atoms with Gasteiger partial charge in [-0.15, -0.1) is 0 Å². The monoisotopic (exact) mass is 502 g/mol. The summed E-state index contributed by atoms with van der Waals surface area (Å²) in [5.74, 6) is -2.22. The van der Waals surface area contributed by atoms with E-state index in [4.69, 9.17) is 19.7 Å². The molecule has 36 heavy (non-hydrogen) atoms. The Kier molecular flexibility index (Phi) is 11.3. The number of hydrogen-bond donors (Lipinski definition) is 3. The Bertz CT molecular complexity index is 909. The Morgan fingerprint density at radius 3 is 2.25 bits per heavy atom. The molecule has 0 unspecified atom stereocenters. The highest BCUT2D eigenvalue weighted by Gasteiger charge is 2.45. The van der Waals surface area contributed by atoms with E-state index in [0.717, 1.165) is 43.8 Å². The average molecular weight is 503 g/mol. The third kappa shape index (κ3) is 9.52. The fourth-order valence-electron chi connectivity index (χ4n) is 4.53. The molecule has 200 valence electrons. The van der Waals surface area contributed by atoms with E-state index in [9.17, 15) is 14.7 Å². The topological polar surface area (TPSA) is 113 Å². The Morgan fingerprint density at radius 2 is 1.61 bits per heavy atom. The largest absolute Gasteiger partial charge is 0.478 e. The molecule has 2 saturated heterocycles. The maximum absolute atomic E-state index is 10.9. The zero-order valence-corrected chi connectivity index (χ0v) is 22.1. The van der Waals surface area contributed by atoms with Crippen molar-refractivity contribution < 1.29 is 34.4 Å². The lowest BCUT2D eigenvalue weighted by molar-refractivity contribution is -0.323. The summed E-state index contributed by atoms with van der Waals surface area (Å²) in [6, 6.07) is 0. The van der Waals surface area contributed by atoms with Gasteiger partial charge in [-0.2, -0.15) is 0 Å². The minimum absolute atomic E-state index is 0.0103. The second-order valence-electron chi connectivity index (χ2n) is 10.4. The number of carboxylic acids is 2. The van der Waals surface area contributed by atoms with Gasteiger partial charge in [0.25, 0.3) is 0 Å². The lowest BCUT2D eigenvalue weighted by Gasteiger charge is -2.49. The van der Waals surface area contributed by atoms with Crippen molar-refractivity contribution in [1.29, 1.82) is 0 Å². The standard InChI is InChI=1S/C29H42O7/c1-19(6-10-24(30)21(3)9-13-27(31)32)7-11-25-22(4)14-16-29(35-25)17-15-23(5)26(36-29)12-8-20(2)18-28(33)34/h6-10,12-13,18,21-26,30H,11,14-17H2,1-5H3,(H,31,32)(H,33,34)/b10-6+,12-8+,13-9+,19-7+,20-18+/t21-,22-,23-,24-,25+,26-,29-/m0/s1. The second kappa shape index (κ2) is 13.7. The first-order valence-corrected chi connectivity index (χ1v) is 12.8. The van der Waals surface area contributed by atoms with Crippen LogP contribution in [0.25, 0.3) is 0 Å². The molecule has 7 heteroatoms. The molecular weight excluding hydrogens is 460 g/mol. The van der Waals surface area contributed by atoms with Gasteiger partial charge >= 0.3 is 11.9 Å². The van der Waals surface area contributed by atoms with Gasteiger partial charge in [-0.05, 0) is 50.5 Å². The highest BCUT2D eigenvalue weighted by Crippen LogP contribution is 2.43. The Labute approximate surface area is 214 Å². The predicted molar refractivity (Wildman–Crippen MR) is 139 cm³/mol. The van der Waals surface area contributed by atoms with Crippen LogP contribution in [0.5, 0.6) is 0 Å². The molecular formula is C29H42O7. The van der Waals surface area contributed by atoms with Crippen LogP contribution in [0.2, 0.25) is 0 Å². The van der Waals surface area contributed by atoms with E-state index in [1.807, 2.05) is 25.2 Å². The van der Waals surface area contributed by atoms with Crippen LogP contribution in [-0.4, -0.2) is 51.4 Å². The van der Waals surface area contributed by atoms with Crippen LogP contribution < -0.4 is 0 Å². The first kappa shape index (κ1) is 29.7. The number of aliphatic hydroxyl groups is 1. The molecule has 7 atom stereocenters. The molecule has 3 N–H and O–H groups in total. The summed E-state index contributed by atoms with van der Waals surface area (Å²) in [7, 11) is 0. The van der Waals surface area contributed by atoms with E-state index in [1.54, 1.807) is 19.9 Å². The first-order chi connectivity index (χ1) is 16.9. The molecule has 0 aromatic carbocycles. The molecule has 2 fully saturated rings. The number of aliphatic hydroxyl groups excluding tert-OH is 1. The summed E-state index contributed by atoms with van der Waals surface area (Å²) < 4.78 is 13.1. The number of carbonyl (C=O) groups is 2. The van der Waals surface area contributed by atoms with E-state index in [-0.39, 0.29) is 18.1 Å². The van der Waals surface area contributed by atoms with Gasteiger partial charge in [0, 0.05) is 30.9 Å². The second-order valence-corrected chi connectivity index (χ2v) is 10.4. The minimum Gasteiger partial charge on any atom is -0.478 e. The number of ether oxygens (including phenoxy) is 2. The fraction of sp³-hybridized carbons (Fsp3) is 0.586. The highest BCUT2D eigenvalue weighted by molar-refractivity contribution is 5.81. The Hall–Kier alpha value is -2.48. The molecule has 0 amide bonds. The Morgan fingerprint density at radius 1 is 0.944 bits per heavy atom. The van der Waals surface area contributed by atoms with E-state index in [2.05, 4.69) is 19.9 Å².